The summed E-state index contributed by atoms with van der Waals surface area (Å²) in [5.41, 5.74) is 2.77. The molecule has 214 valence electrons. The average molecular weight is 605 g/mol. The number of carbonyl (C=O) groups is 2. The number of benzene rings is 3. The predicted octanol–water partition coefficient (Wildman–Crippen LogP) is 6.14. The molecule has 1 N–H and O–H groups in total. The lowest BCUT2D eigenvalue weighted by molar-refractivity contribution is -0.140. The number of rotatable bonds is 11. The molecule has 0 saturated carbocycles. The second-order valence-corrected chi connectivity index (χ2v) is 12.7. The van der Waals surface area contributed by atoms with E-state index < -0.39 is 28.5 Å². The van der Waals surface area contributed by atoms with Crippen LogP contribution in [-0.2, 0) is 26.2 Å². The minimum Gasteiger partial charge on any atom is -0.352 e. The molecule has 0 unspecified atom stereocenters. The number of amides is 2. The van der Waals surface area contributed by atoms with Crippen LogP contribution in [0.25, 0.3) is 0 Å². The van der Waals surface area contributed by atoms with E-state index in [-0.39, 0.29) is 39.1 Å². The van der Waals surface area contributed by atoms with Gasteiger partial charge in [-0.3, -0.25) is 13.9 Å². The highest BCUT2D eigenvalue weighted by atomic mass is 35.5. The number of nitrogens with zero attached hydrogens (tertiary/aromatic N) is 2. The standard InChI is InChI=1S/C30H35Cl2N3O4S/c1-6-27(30(37)33-20(2)3)34(18-23-9-7-8-22(5)16-23)29(36)19-35(28-17-24(31)12-15-26(28)32)40(38,39)25-13-10-21(4)11-14-25/h7-17,20,27H,6,18-19H2,1-5H3,(H,33,37)/t27-/m0/s1. The van der Waals surface area contributed by atoms with Crippen LogP contribution in [0, 0.1) is 13.8 Å². The van der Waals surface area contributed by atoms with E-state index in [1.807, 2.05) is 58.9 Å². The number of hydrogen-bond acceptors (Lipinski definition) is 4. The third-order valence-electron chi connectivity index (χ3n) is 6.32. The van der Waals surface area contributed by atoms with Crippen LogP contribution in [0.5, 0.6) is 0 Å². The number of aryl methyl sites for hydroxylation is 2. The molecule has 0 heterocycles. The van der Waals surface area contributed by atoms with Gasteiger partial charge in [-0.2, -0.15) is 0 Å². The van der Waals surface area contributed by atoms with Gasteiger partial charge in [0, 0.05) is 17.6 Å². The maximum absolute atomic E-state index is 14.1. The van der Waals surface area contributed by atoms with E-state index in [2.05, 4.69) is 5.32 Å². The quantitative estimate of drug-likeness (QED) is 0.285. The fourth-order valence-electron chi connectivity index (χ4n) is 4.34. The summed E-state index contributed by atoms with van der Waals surface area (Å²) in [6.07, 6.45) is 0.332. The van der Waals surface area contributed by atoms with Gasteiger partial charge in [0.15, 0.2) is 0 Å². The fraction of sp³-hybridized carbons (Fsp3) is 0.333. The molecule has 1 atom stereocenters. The summed E-state index contributed by atoms with van der Waals surface area (Å²) in [7, 11) is -4.25. The van der Waals surface area contributed by atoms with Crippen molar-refractivity contribution in [1.82, 2.24) is 10.2 Å². The molecule has 0 aliphatic heterocycles. The third-order valence-corrected chi connectivity index (χ3v) is 8.65. The van der Waals surface area contributed by atoms with E-state index in [0.717, 1.165) is 21.0 Å². The smallest absolute Gasteiger partial charge is 0.264 e. The van der Waals surface area contributed by atoms with Gasteiger partial charge in [0.25, 0.3) is 10.0 Å². The molecule has 0 bridgehead atoms. The Morgan fingerprint density at radius 3 is 2.20 bits per heavy atom. The summed E-state index contributed by atoms with van der Waals surface area (Å²) in [5.74, 6) is -0.869. The van der Waals surface area contributed by atoms with Crippen LogP contribution in [0.1, 0.15) is 43.9 Å². The van der Waals surface area contributed by atoms with Crippen molar-refractivity contribution in [2.45, 2.75) is 64.6 Å². The van der Waals surface area contributed by atoms with Crippen LogP contribution in [0.2, 0.25) is 10.0 Å². The molecule has 7 nitrogen and oxygen atoms in total. The molecule has 2 amide bonds. The van der Waals surface area contributed by atoms with Gasteiger partial charge in [0.05, 0.1) is 15.6 Å². The Morgan fingerprint density at radius 1 is 0.925 bits per heavy atom. The monoisotopic (exact) mass is 603 g/mol. The number of hydrogen-bond donors (Lipinski definition) is 1. The molecule has 0 aromatic heterocycles. The first kappa shape index (κ1) is 31.5. The Balaban J connectivity index is 2.11. The number of halogens is 2. The van der Waals surface area contributed by atoms with Crippen molar-refractivity contribution in [1.29, 1.82) is 0 Å². The molecule has 10 heteroatoms. The maximum Gasteiger partial charge on any atom is 0.264 e. The minimum atomic E-state index is -4.25. The van der Waals surface area contributed by atoms with Gasteiger partial charge in [0.2, 0.25) is 11.8 Å². The lowest BCUT2D eigenvalue weighted by atomic mass is 10.1. The molecule has 40 heavy (non-hydrogen) atoms. The van der Waals surface area contributed by atoms with Crippen molar-refractivity contribution in [3.8, 4) is 0 Å². The van der Waals surface area contributed by atoms with Gasteiger partial charge in [-0.1, -0.05) is 77.7 Å². The van der Waals surface area contributed by atoms with E-state index in [1.165, 1.54) is 29.2 Å². The van der Waals surface area contributed by atoms with Crippen molar-refractivity contribution < 1.29 is 18.0 Å². The summed E-state index contributed by atoms with van der Waals surface area (Å²) in [6.45, 7) is 8.81. The summed E-state index contributed by atoms with van der Waals surface area (Å²) in [6, 6.07) is 17.4. The summed E-state index contributed by atoms with van der Waals surface area (Å²) >= 11 is 12.7. The third kappa shape index (κ3) is 7.77. The van der Waals surface area contributed by atoms with Crippen LogP contribution >= 0.6 is 23.2 Å². The van der Waals surface area contributed by atoms with Crippen molar-refractivity contribution in [3.63, 3.8) is 0 Å². The van der Waals surface area contributed by atoms with Gasteiger partial charge in [-0.15, -0.1) is 0 Å². The van der Waals surface area contributed by atoms with E-state index in [4.69, 9.17) is 23.2 Å². The highest BCUT2D eigenvalue weighted by molar-refractivity contribution is 7.92. The number of nitrogens with one attached hydrogen (secondary N) is 1. The molecule has 0 radical (unpaired) electrons. The van der Waals surface area contributed by atoms with E-state index in [1.54, 1.807) is 18.2 Å². The van der Waals surface area contributed by atoms with Crippen LogP contribution < -0.4 is 9.62 Å². The number of anilines is 1. The molecule has 3 rings (SSSR count). The largest absolute Gasteiger partial charge is 0.352 e. The Bertz CT molecular complexity index is 1460. The zero-order valence-electron chi connectivity index (χ0n) is 23.3. The first-order valence-electron chi connectivity index (χ1n) is 13.0. The van der Waals surface area contributed by atoms with Gasteiger partial charge < -0.3 is 10.2 Å². The van der Waals surface area contributed by atoms with Crippen molar-refractivity contribution >= 4 is 50.7 Å². The maximum atomic E-state index is 14.1. The Hall–Kier alpha value is -3.07. The molecular weight excluding hydrogens is 569 g/mol. The van der Waals surface area contributed by atoms with E-state index in [9.17, 15) is 18.0 Å². The molecular formula is C30H35Cl2N3O4S. The summed E-state index contributed by atoms with van der Waals surface area (Å²) in [4.78, 5) is 28.7. The zero-order valence-corrected chi connectivity index (χ0v) is 25.6. The Labute approximate surface area is 247 Å². The van der Waals surface area contributed by atoms with Crippen LogP contribution in [-0.4, -0.2) is 43.8 Å². The van der Waals surface area contributed by atoms with Crippen LogP contribution in [0.15, 0.2) is 71.6 Å². The molecule has 3 aromatic rings. The van der Waals surface area contributed by atoms with Gasteiger partial charge in [-0.05, 0) is 70.0 Å². The Morgan fingerprint density at radius 2 is 1.60 bits per heavy atom. The fourth-order valence-corrected chi connectivity index (χ4v) is 6.20. The van der Waals surface area contributed by atoms with Gasteiger partial charge in [-0.25, -0.2) is 8.42 Å². The highest BCUT2D eigenvalue weighted by Crippen LogP contribution is 2.33. The van der Waals surface area contributed by atoms with E-state index in [0.29, 0.717) is 6.42 Å². The van der Waals surface area contributed by atoms with Crippen LogP contribution in [0.4, 0.5) is 5.69 Å². The first-order valence-corrected chi connectivity index (χ1v) is 15.2. The average Bonchev–Trinajstić information content (AvgIpc) is 2.88. The molecule has 0 saturated heterocycles. The zero-order chi connectivity index (χ0) is 29.6. The highest BCUT2D eigenvalue weighted by Gasteiger charge is 2.34. The molecule has 0 fully saturated rings. The summed E-state index contributed by atoms with van der Waals surface area (Å²) < 4.78 is 28.9. The first-order chi connectivity index (χ1) is 18.8. The SMILES string of the molecule is CC[C@@H](C(=O)NC(C)C)N(Cc1cccc(C)c1)C(=O)CN(c1cc(Cl)ccc1Cl)S(=O)(=O)c1ccc(C)cc1. The second kappa shape index (κ2) is 13.5. The van der Waals surface area contributed by atoms with Gasteiger partial charge in [0.1, 0.15) is 12.6 Å². The van der Waals surface area contributed by atoms with Crippen molar-refractivity contribution in [2.24, 2.45) is 0 Å². The normalized spacial score (nSPS) is 12.2. The van der Waals surface area contributed by atoms with Crippen molar-refractivity contribution in [3.05, 3.63) is 93.5 Å². The molecule has 0 aliphatic rings. The lowest BCUT2D eigenvalue weighted by Crippen LogP contribution is -2.53. The lowest BCUT2D eigenvalue weighted by Gasteiger charge is -2.34. The van der Waals surface area contributed by atoms with Gasteiger partial charge >= 0.3 is 0 Å². The molecule has 0 spiro atoms. The van der Waals surface area contributed by atoms with Crippen molar-refractivity contribution in [2.75, 3.05) is 10.8 Å². The second-order valence-electron chi connectivity index (χ2n) is 10.0. The van der Waals surface area contributed by atoms with E-state index >= 15 is 0 Å². The number of carbonyl (C=O) groups excluding carboxylic acids is 2. The predicted molar refractivity (Wildman–Crippen MR) is 161 cm³/mol. The molecule has 3 aromatic carbocycles. The number of sulfonamides is 1. The minimum absolute atomic E-state index is 0.00299. The van der Waals surface area contributed by atoms with Crippen LogP contribution in [0.3, 0.4) is 0 Å². The molecule has 0 aliphatic carbocycles. The Kier molecular flexibility index (Phi) is 10.6. The summed E-state index contributed by atoms with van der Waals surface area (Å²) in [5, 5.41) is 3.26. The topological polar surface area (TPSA) is 86.8 Å².